The SMILES string of the molecule is CN1/C(=C(\C#N)C(=O)COC(=O)c2cccc(O)c2)Sc2ccccc21. The maximum Gasteiger partial charge on any atom is 0.338 e. The molecular formula is C19H14N2O4S. The Morgan fingerprint density at radius 2 is 2.00 bits per heavy atom. The third kappa shape index (κ3) is 3.41. The van der Waals surface area contributed by atoms with Gasteiger partial charge in [0.15, 0.2) is 6.61 Å². The molecule has 1 aliphatic heterocycles. The first-order valence-electron chi connectivity index (χ1n) is 7.65. The van der Waals surface area contributed by atoms with E-state index in [9.17, 15) is 20.0 Å². The third-order valence-corrected chi connectivity index (χ3v) is 5.00. The van der Waals surface area contributed by atoms with Crippen molar-refractivity contribution in [2.75, 3.05) is 18.6 Å². The number of phenols is 1. The van der Waals surface area contributed by atoms with Crippen molar-refractivity contribution in [1.29, 1.82) is 5.26 Å². The number of hydrogen-bond acceptors (Lipinski definition) is 7. The minimum atomic E-state index is -0.743. The Bertz CT molecular complexity index is 962. The number of benzene rings is 2. The highest BCUT2D eigenvalue weighted by Gasteiger charge is 2.28. The number of ketones is 1. The number of nitriles is 1. The van der Waals surface area contributed by atoms with E-state index >= 15 is 0 Å². The Labute approximate surface area is 154 Å². The van der Waals surface area contributed by atoms with Crippen molar-refractivity contribution in [1.82, 2.24) is 0 Å². The zero-order chi connectivity index (χ0) is 18.7. The number of Topliss-reactive ketones (excluding diaryl/α,β-unsaturated/α-hetero) is 1. The van der Waals surface area contributed by atoms with Crippen LogP contribution in [0.3, 0.4) is 0 Å². The number of carbonyl (C=O) groups is 2. The standard InChI is InChI=1S/C19H14N2O4S/c1-21-15-7-2-3-8-17(15)26-18(21)14(10-20)16(23)11-25-19(24)12-5-4-6-13(22)9-12/h2-9,22H,11H2,1H3/b18-14-. The van der Waals surface area contributed by atoms with Crippen LogP contribution >= 0.6 is 11.8 Å². The molecule has 0 unspecified atom stereocenters. The maximum absolute atomic E-state index is 12.4. The van der Waals surface area contributed by atoms with Crippen molar-refractivity contribution in [2.24, 2.45) is 0 Å². The van der Waals surface area contributed by atoms with E-state index in [1.807, 2.05) is 30.3 Å². The Kier molecular flexibility index (Phi) is 4.96. The summed E-state index contributed by atoms with van der Waals surface area (Å²) in [5, 5.41) is 19.3. The van der Waals surface area contributed by atoms with E-state index in [0.717, 1.165) is 10.6 Å². The number of anilines is 1. The predicted molar refractivity (Wildman–Crippen MR) is 96.7 cm³/mol. The second-order valence-electron chi connectivity index (χ2n) is 5.47. The number of thioether (sulfide) groups is 1. The average Bonchev–Trinajstić information content (AvgIpc) is 2.97. The molecule has 2 aromatic rings. The molecule has 1 N–H and O–H groups in total. The normalized spacial score (nSPS) is 14.4. The number of phenolic OH excluding ortho intramolecular Hbond substituents is 1. The molecule has 0 aliphatic carbocycles. The lowest BCUT2D eigenvalue weighted by molar-refractivity contribution is -0.118. The highest BCUT2D eigenvalue weighted by Crippen LogP contribution is 2.46. The Hall–Kier alpha value is -3.24. The van der Waals surface area contributed by atoms with E-state index in [-0.39, 0.29) is 16.9 Å². The highest BCUT2D eigenvalue weighted by atomic mass is 32.2. The first-order valence-corrected chi connectivity index (χ1v) is 8.47. The van der Waals surface area contributed by atoms with Crippen LogP contribution in [0.1, 0.15) is 10.4 Å². The lowest BCUT2D eigenvalue weighted by Crippen LogP contribution is -2.20. The predicted octanol–water partition coefficient (Wildman–Crippen LogP) is 3.10. The molecule has 7 heteroatoms. The van der Waals surface area contributed by atoms with Crippen molar-refractivity contribution >= 4 is 29.2 Å². The summed E-state index contributed by atoms with van der Waals surface area (Å²) in [6, 6.07) is 15.1. The number of para-hydroxylation sites is 1. The van der Waals surface area contributed by atoms with Gasteiger partial charge >= 0.3 is 5.97 Å². The summed E-state index contributed by atoms with van der Waals surface area (Å²) in [6.07, 6.45) is 0. The molecule has 0 atom stereocenters. The zero-order valence-corrected chi connectivity index (χ0v) is 14.6. The van der Waals surface area contributed by atoms with Gasteiger partial charge in [-0.15, -0.1) is 0 Å². The first-order chi connectivity index (χ1) is 12.5. The molecule has 3 rings (SSSR count). The van der Waals surface area contributed by atoms with Gasteiger partial charge in [-0.2, -0.15) is 5.26 Å². The largest absolute Gasteiger partial charge is 0.508 e. The Balaban J connectivity index is 1.75. The third-order valence-electron chi connectivity index (χ3n) is 3.76. The van der Waals surface area contributed by atoms with Gasteiger partial charge in [0.25, 0.3) is 0 Å². The molecule has 26 heavy (non-hydrogen) atoms. The van der Waals surface area contributed by atoms with Crippen LogP contribution in [-0.4, -0.2) is 30.5 Å². The van der Waals surface area contributed by atoms with Crippen molar-refractivity contribution < 1.29 is 19.4 Å². The fourth-order valence-corrected chi connectivity index (χ4v) is 3.63. The van der Waals surface area contributed by atoms with Gasteiger partial charge in [0.2, 0.25) is 5.78 Å². The lowest BCUT2D eigenvalue weighted by atomic mass is 10.2. The van der Waals surface area contributed by atoms with Crippen molar-refractivity contribution in [2.45, 2.75) is 4.90 Å². The number of nitrogens with zero attached hydrogens (tertiary/aromatic N) is 2. The monoisotopic (exact) mass is 366 g/mol. The van der Waals surface area contributed by atoms with Gasteiger partial charge in [-0.25, -0.2) is 4.79 Å². The summed E-state index contributed by atoms with van der Waals surface area (Å²) in [5.41, 5.74) is 0.978. The summed E-state index contributed by atoms with van der Waals surface area (Å²) >= 11 is 1.33. The molecule has 0 fully saturated rings. The molecule has 0 amide bonds. The molecule has 0 saturated carbocycles. The van der Waals surface area contributed by atoms with Gasteiger partial charge in [0, 0.05) is 11.9 Å². The van der Waals surface area contributed by atoms with E-state index in [0.29, 0.717) is 5.03 Å². The van der Waals surface area contributed by atoms with Crippen LogP contribution in [0.25, 0.3) is 0 Å². The van der Waals surface area contributed by atoms with Crippen LogP contribution in [0.2, 0.25) is 0 Å². The molecular weight excluding hydrogens is 352 g/mol. The molecule has 6 nitrogen and oxygen atoms in total. The smallest absolute Gasteiger partial charge is 0.338 e. The van der Waals surface area contributed by atoms with Crippen LogP contribution in [0.15, 0.2) is 64.0 Å². The minimum Gasteiger partial charge on any atom is -0.508 e. The number of carbonyl (C=O) groups excluding carboxylic acids is 2. The fraction of sp³-hybridized carbons (Fsp3) is 0.105. The first kappa shape index (κ1) is 17.6. The molecule has 2 aromatic carbocycles. The van der Waals surface area contributed by atoms with E-state index in [1.54, 1.807) is 11.9 Å². The number of rotatable bonds is 4. The number of aromatic hydroxyl groups is 1. The van der Waals surface area contributed by atoms with Crippen LogP contribution in [-0.2, 0) is 9.53 Å². The number of hydrogen-bond donors (Lipinski definition) is 1. The minimum absolute atomic E-state index is 0.0580. The summed E-state index contributed by atoms with van der Waals surface area (Å²) in [5.74, 6) is -1.40. The van der Waals surface area contributed by atoms with Crippen LogP contribution < -0.4 is 4.90 Å². The zero-order valence-electron chi connectivity index (χ0n) is 13.8. The maximum atomic E-state index is 12.4. The number of ether oxygens (including phenoxy) is 1. The quantitative estimate of drug-likeness (QED) is 0.505. The topological polar surface area (TPSA) is 90.6 Å². The van der Waals surface area contributed by atoms with Gasteiger partial charge in [-0.1, -0.05) is 30.0 Å². The molecule has 0 aromatic heterocycles. The molecule has 1 heterocycles. The summed E-state index contributed by atoms with van der Waals surface area (Å²) in [6.45, 7) is -0.550. The number of esters is 1. The summed E-state index contributed by atoms with van der Waals surface area (Å²) in [7, 11) is 1.78. The van der Waals surface area contributed by atoms with Crippen molar-refractivity contribution in [3.05, 3.63) is 64.7 Å². The van der Waals surface area contributed by atoms with Gasteiger partial charge in [0.1, 0.15) is 22.4 Å². The van der Waals surface area contributed by atoms with Gasteiger partial charge < -0.3 is 14.7 Å². The van der Waals surface area contributed by atoms with E-state index in [2.05, 4.69) is 0 Å². The van der Waals surface area contributed by atoms with E-state index in [1.165, 1.54) is 36.0 Å². The average molecular weight is 366 g/mol. The van der Waals surface area contributed by atoms with Crippen LogP contribution in [0.4, 0.5) is 5.69 Å². The van der Waals surface area contributed by atoms with E-state index < -0.39 is 18.4 Å². The highest BCUT2D eigenvalue weighted by molar-refractivity contribution is 8.03. The molecule has 0 radical (unpaired) electrons. The van der Waals surface area contributed by atoms with Gasteiger partial charge in [0.05, 0.1) is 11.3 Å². The summed E-state index contributed by atoms with van der Waals surface area (Å²) in [4.78, 5) is 27.1. The van der Waals surface area contributed by atoms with Gasteiger partial charge in [-0.05, 0) is 30.3 Å². The molecule has 130 valence electrons. The fourth-order valence-electron chi connectivity index (χ4n) is 2.47. The van der Waals surface area contributed by atoms with Crippen LogP contribution in [0, 0.1) is 11.3 Å². The Morgan fingerprint density at radius 3 is 2.69 bits per heavy atom. The molecule has 0 bridgehead atoms. The second kappa shape index (κ2) is 7.33. The number of fused-ring (bicyclic) bond motifs is 1. The summed E-state index contributed by atoms with van der Waals surface area (Å²) < 4.78 is 4.99. The van der Waals surface area contributed by atoms with Crippen molar-refractivity contribution in [3.63, 3.8) is 0 Å². The van der Waals surface area contributed by atoms with Gasteiger partial charge in [-0.3, -0.25) is 4.79 Å². The lowest BCUT2D eigenvalue weighted by Gasteiger charge is -2.14. The second-order valence-corrected chi connectivity index (χ2v) is 6.50. The van der Waals surface area contributed by atoms with Crippen molar-refractivity contribution in [3.8, 4) is 11.8 Å². The van der Waals surface area contributed by atoms with E-state index in [4.69, 9.17) is 4.74 Å². The Morgan fingerprint density at radius 1 is 1.23 bits per heavy atom. The molecule has 0 saturated heterocycles. The molecule has 1 aliphatic rings. The molecule has 0 spiro atoms. The van der Waals surface area contributed by atoms with Crippen LogP contribution in [0.5, 0.6) is 5.75 Å².